The van der Waals surface area contributed by atoms with Crippen molar-refractivity contribution in [2.24, 2.45) is 5.92 Å². The Morgan fingerprint density at radius 3 is 2.50 bits per heavy atom. The Morgan fingerprint density at radius 2 is 1.82 bits per heavy atom. The molecule has 150 valence electrons. The number of amides is 1. The number of nitrogens with one attached hydrogen (secondary N) is 1. The second-order valence-electron chi connectivity index (χ2n) is 6.83. The van der Waals surface area contributed by atoms with Crippen molar-refractivity contribution in [2.75, 3.05) is 30.4 Å². The van der Waals surface area contributed by atoms with Gasteiger partial charge in [-0.3, -0.25) is 4.79 Å². The Balaban J connectivity index is 1.67. The molecule has 9 heteroatoms. The molecular formula is C19H25N5O3S. The summed E-state index contributed by atoms with van der Waals surface area (Å²) in [5.41, 5.74) is 12.3. The molecule has 1 atom stereocenters. The molecular weight excluding hydrogens is 378 g/mol. The summed E-state index contributed by atoms with van der Waals surface area (Å²) in [6.07, 6.45) is 0.849. The van der Waals surface area contributed by atoms with E-state index in [2.05, 4.69) is 29.1 Å². The van der Waals surface area contributed by atoms with Gasteiger partial charge in [-0.25, -0.2) is 9.97 Å². The number of nitrogens with zero attached hydrogens (tertiary/aromatic N) is 2. The number of hydrogen-bond donors (Lipinski definition) is 3. The highest BCUT2D eigenvalue weighted by Gasteiger charge is 2.21. The number of nitrogen functional groups attached to an aromatic ring is 2. The van der Waals surface area contributed by atoms with Gasteiger partial charge >= 0.3 is 0 Å². The zero-order valence-corrected chi connectivity index (χ0v) is 16.8. The van der Waals surface area contributed by atoms with Crippen molar-refractivity contribution < 1.29 is 14.3 Å². The predicted octanol–water partition coefficient (Wildman–Crippen LogP) is 2.41. The van der Waals surface area contributed by atoms with Crippen molar-refractivity contribution in [1.29, 1.82) is 0 Å². The van der Waals surface area contributed by atoms with Crippen molar-refractivity contribution in [1.82, 2.24) is 15.3 Å². The molecule has 5 N–H and O–H groups in total. The van der Waals surface area contributed by atoms with E-state index in [1.54, 1.807) is 0 Å². The maximum Gasteiger partial charge on any atom is 0.230 e. The van der Waals surface area contributed by atoms with Crippen LogP contribution in [-0.4, -0.2) is 34.8 Å². The van der Waals surface area contributed by atoms with E-state index in [9.17, 15) is 4.79 Å². The first-order valence-corrected chi connectivity index (χ1v) is 10.1. The molecule has 0 saturated carbocycles. The zero-order valence-electron chi connectivity index (χ0n) is 16.0. The van der Waals surface area contributed by atoms with Gasteiger partial charge in [-0.2, -0.15) is 0 Å². The maximum absolute atomic E-state index is 12.5. The minimum absolute atomic E-state index is 0.125. The molecule has 2 heterocycles. The molecule has 2 aromatic rings. The fourth-order valence-electron chi connectivity index (χ4n) is 2.88. The number of aromatic nitrogens is 2. The summed E-state index contributed by atoms with van der Waals surface area (Å²) in [5.74, 6) is 2.25. The molecule has 0 saturated heterocycles. The van der Waals surface area contributed by atoms with Crippen LogP contribution in [0.2, 0.25) is 0 Å². The van der Waals surface area contributed by atoms with Crippen LogP contribution in [0.25, 0.3) is 0 Å². The van der Waals surface area contributed by atoms with Gasteiger partial charge in [0.1, 0.15) is 11.6 Å². The van der Waals surface area contributed by atoms with Crippen molar-refractivity contribution >= 4 is 29.3 Å². The Bertz CT molecular complexity index is 826. The minimum Gasteiger partial charge on any atom is -0.490 e. The van der Waals surface area contributed by atoms with E-state index in [1.165, 1.54) is 17.8 Å². The Hall–Kier alpha value is -2.68. The third kappa shape index (κ3) is 5.19. The smallest absolute Gasteiger partial charge is 0.230 e. The molecule has 1 aromatic carbocycles. The number of fused-ring (bicyclic) bond motifs is 1. The average molecular weight is 404 g/mol. The maximum atomic E-state index is 12.5. The first-order valence-electron chi connectivity index (χ1n) is 9.14. The number of carbonyl (C=O) groups excluding carboxylic acids is 1. The largest absolute Gasteiger partial charge is 0.490 e. The van der Waals surface area contributed by atoms with E-state index in [4.69, 9.17) is 20.9 Å². The second-order valence-corrected chi connectivity index (χ2v) is 7.78. The van der Waals surface area contributed by atoms with Crippen molar-refractivity contribution in [2.45, 2.75) is 31.5 Å². The molecule has 3 rings (SSSR count). The van der Waals surface area contributed by atoms with Gasteiger partial charge in [0.25, 0.3) is 0 Å². The van der Waals surface area contributed by atoms with Crippen LogP contribution in [0.5, 0.6) is 11.5 Å². The molecule has 1 amide bonds. The minimum atomic E-state index is -0.155. The van der Waals surface area contributed by atoms with Crippen LogP contribution < -0.4 is 26.3 Å². The summed E-state index contributed by atoms with van der Waals surface area (Å²) < 4.78 is 11.5. The number of nitrogens with two attached hydrogens (primary N) is 2. The molecule has 0 spiro atoms. The Labute approximate surface area is 168 Å². The number of anilines is 2. The molecule has 8 nitrogen and oxygen atoms in total. The molecule has 1 aromatic heterocycles. The van der Waals surface area contributed by atoms with Gasteiger partial charge in [-0.05, 0) is 23.6 Å². The topological polar surface area (TPSA) is 125 Å². The van der Waals surface area contributed by atoms with Gasteiger partial charge < -0.3 is 26.3 Å². The summed E-state index contributed by atoms with van der Waals surface area (Å²) in [5, 5.41) is 3.46. The van der Waals surface area contributed by atoms with Crippen LogP contribution in [0.4, 0.5) is 11.6 Å². The number of benzene rings is 1. The summed E-state index contributed by atoms with van der Waals surface area (Å²) in [6, 6.07) is 7.13. The molecule has 1 aliphatic heterocycles. The van der Waals surface area contributed by atoms with Crippen LogP contribution >= 0.6 is 11.8 Å². The highest BCUT2D eigenvalue weighted by molar-refractivity contribution is 7.99. The molecule has 0 aliphatic carbocycles. The van der Waals surface area contributed by atoms with Crippen LogP contribution in [0, 0.1) is 5.92 Å². The lowest BCUT2D eigenvalue weighted by molar-refractivity contribution is -0.119. The molecule has 1 aliphatic rings. The molecule has 0 bridgehead atoms. The third-order valence-corrected chi connectivity index (χ3v) is 5.04. The monoisotopic (exact) mass is 403 g/mol. The van der Waals surface area contributed by atoms with E-state index >= 15 is 0 Å². The van der Waals surface area contributed by atoms with E-state index in [-0.39, 0.29) is 35.3 Å². The molecule has 0 radical (unpaired) electrons. The van der Waals surface area contributed by atoms with Crippen molar-refractivity contribution in [3.8, 4) is 11.5 Å². The predicted molar refractivity (Wildman–Crippen MR) is 109 cm³/mol. The van der Waals surface area contributed by atoms with Crippen LogP contribution in [0.1, 0.15) is 31.9 Å². The Morgan fingerprint density at radius 1 is 1.14 bits per heavy atom. The summed E-state index contributed by atoms with van der Waals surface area (Å²) in [7, 11) is 0. The first kappa shape index (κ1) is 20.1. The summed E-state index contributed by atoms with van der Waals surface area (Å²) in [6.45, 7) is 5.38. The summed E-state index contributed by atoms with van der Waals surface area (Å²) in [4.78, 5) is 20.7. The zero-order chi connectivity index (χ0) is 20.1. The number of rotatable bonds is 6. The van der Waals surface area contributed by atoms with Gasteiger partial charge in [0.05, 0.1) is 25.0 Å². The van der Waals surface area contributed by atoms with E-state index < -0.39 is 0 Å². The quantitative estimate of drug-likeness (QED) is 0.496. The molecule has 0 fully saturated rings. The van der Waals surface area contributed by atoms with Crippen LogP contribution in [-0.2, 0) is 4.79 Å². The lowest BCUT2D eigenvalue weighted by Gasteiger charge is -2.23. The normalized spacial score (nSPS) is 14.4. The second kappa shape index (κ2) is 9.01. The fraction of sp³-hybridized carbons (Fsp3) is 0.421. The number of hydrogen-bond acceptors (Lipinski definition) is 8. The van der Waals surface area contributed by atoms with Crippen LogP contribution in [0.3, 0.4) is 0 Å². The van der Waals surface area contributed by atoms with Gasteiger partial charge in [0.15, 0.2) is 16.7 Å². The number of carbonyl (C=O) groups is 1. The number of ether oxygens (including phenoxy) is 2. The van der Waals surface area contributed by atoms with Gasteiger partial charge in [0, 0.05) is 12.5 Å². The lowest BCUT2D eigenvalue weighted by atomic mass is 9.95. The van der Waals surface area contributed by atoms with Crippen LogP contribution in [0.15, 0.2) is 29.4 Å². The van der Waals surface area contributed by atoms with Gasteiger partial charge in [-0.15, -0.1) is 0 Å². The lowest BCUT2D eigenvalue weighted by Crippen LogP contribution is -2.33. The average Bonchev–Trinajstić information content (AvgIpc) is 2.88. The number of thioether (sulfide) groups is 1. The van der Waals surface area contributed by atoms with Gasteiger partial charge in [0.2, 0.25) is 5.91 Å². The van der Waals surface area contributed by atoms with Gasteiger partial charge in [-0.1, -0.05) is 31.7 Å². The fourth-order valence-corrected chi connectivity index (χ4v) is 3.56. The Kier molecular flexibility index (Phi) is 6.45. The highest BCUT2D eigenvalue weighted by atomic mass is 32.2. The molecule has 28 heavy (non-hydrogen) atoms. The van der Waals surface area contributed by atoms with E-state index in [1.807, 2.05) is 18.2 Å². The molecule has 0 unspecified atom stereocenters. The van der Waals surface area contributed by atoms with E-state index in [0.717, 1.165) is 17.7 Å². The summed E-state index contributed by atoms with van der Waals surface area (Å²) >= 11 is 1.19. The van der Waals surface area contributed by atoms with Crippen molar-refractivity contribution in [3.05, 3.63) is 29.8 Å². The van der Waals surface area contributed by atoms with Crippen molar-refractivity contribution in [3.63, 3.8) is 0 Å². The highest BCUT2D eigenvalue weighted by Crippen LogP contribution is 2.34. The SMILES string of the molecule is CC(C)[C@H](NC(=O)CSc1nc(N)cc(N)n1)c1ccc2c(c1)OCCCO2. The standard InChI is InChI=1S/C19H25N5O3S/c1-11(2)18(12-4-5-13-14(8-12)27-7-3-6-26-13)24-17(25)10-28-19-22-15(20)9-16(21)23-19/h4-5,8-9,11,18H,3,6-7,10H2,1-2H3,(H,24,25)(H4,20,21,22,23)/t18-/m0/s1. The first-order chi connectivity index (χ1) is 13.4. The third-order valence-electron chi connectivity index (χ3n) is 4.19. The van der Waals surface area contributed by atoms with E-state index in [0.29, 0.717) is 24.1 Å².